The first-order chi connectivity index (χ1) is 8.36. The molecule has 0 atom stereocenters. The molecule has 0 aliphatic carbocycles. The first-order valence-electron chi connectivity index (χ1n) is 4.59. The Kier molecular flexibility index (Phi) is 4.38. The summed E-state index contributed by atoms with van der Waals surface area (Å²) in [5.74, 6) is -4.39. The SMILES string of the molecule is N#Cc1cnc(COCC(F)(F)C(F)F)[nH]c1=O. The molecule has 0 saturated carbocycles. The average Bonchev–Trinajstić information content (AvgIpc) is 2.29. The Morgan fingerprint density at radius 3 is 2.72 bits per heavy atom. The minimum atomic E-state index is -4.26. The third kappa shape index (κ3) is 3.53. The van der Waals surface area contributed by atoms with Crippen molar-refractivity contribution in [2.45, 2.75) is 19.0 Å². The molecular weight excluding hydrogens is 258 g/mol. The Balaban J connectivity index is 2.58. The number of alkyl halides is 4. The average molecular weight is 265 g/mol. The van der Waals surface area contributed by atoms with Crippen LogP contribution in [-0.2, 0) is 11.3 Å². The van der Waals surface area contributed by atoms with Gasteiger partial charge in [-0.3, -0.25) is 4.79 Å². The minimum Gasteiger partial charge on any atom is -0.367 e. The molecule has 98 valence electrons. The molecule has 1 aromatic rings. The van der Waals surface area contributed by atoms with Gasteiger partial charge in [0.05, 0.1) is 6.20 Å². The maximum absolute atomic E-state index is 12.4. The van der Waals surface area contributed by atoms with Gasteiger partial charge in [0.1, 0.15) is 30.7 Å². The number of aromatic nitrogens is 2. The molecule has 0 radical (unpaired) electrons. The first-order valence-corrected chi connectivity index (χ1v) is 4.59. The number of H-pyrrole nitrogens is 1. The zero-order chi connectivity index (χ0) is 13.8. The Labute approximate surface area is 98.0 Å². The molecule has 0 aliphatic heterocycles. The van der Waals surface area contributed by atoms with E-state index in [0.717, 1.165) is 6.20 Å². The summed E-state index contributed by atoms with van der Waals surface area (Å²) in [6.45, 7) is -2.06. The van der Waals surface area contributed by atoms with Gasteiger partial charge < -0.3 is 9.72 Å². The van der Waals surface area contributed by atoms with Crippen molar-refractivity contribution in [2.75, 3.05) is 6.61 Å². The van der Waals surface area contributed by atoms with Gasteiger partial charge in [-0.1, -0.05) is 0 Å². The third-order valence-electron chi connectivity index (χ3n) is 1.82. The number of nitriles is 1. The van der Waals surface area contributed by atoms with E-state index in [4.69, 9.17) is 5.26 Å². The van der Waals surface area contributed by atoms with Crippen LogP contribution in [-0.4, -0.2) is 28.9 Å². The van der Waals surface area contributed by atoms with Crippen LogP contribution in [0.3, 0.4) is 0 Å². The number of aromatic amines is 1. The lowest BCUT2D eigenvalue weighted by atomic mass is 10.3. The molecule has 0 amide bonds. The molecule has 0 saturated heterocycles. The quantitative estimate of drug-likeness (QED) is 0.807. The predicted octanol–water partition coefficient (Wildman–Crippen LogP) is 1.06. The number of hydrogen-bond donors (Lipinski definition) is 1. The molecule has 9 heteroatoms. The van der Waals surface area contributed by atoms with E-state index in [2.05, 4.69) is 14.7 Å². The van der Waals surface area contributed by atoms with E-state index in [0.29, 0.717) is 0 Å². The normalized spacial score (nSPS) is 11.6. The Morgan fingerprint density at radius 1 is 1.56 bits per heavy atom. The highest BCUT2D eigenvalue weighted by Gasteiger charge is 2.40. The number of halogens is 4. The van der Waals surface area contributed by atoms with E-state index in [-0.39, 0.29) is 11.4 Å². The highest BCUT2D eigenvalue weighted by Crippen LogP contribution is 2.22. The summed E-state index contributed by atoms with van der Waals surface area (Å²) in [6.07, 6.45) is -2.89. The fourth-order valence-corrected chi connectivity index (χ4v) is 0.932. The van der Waals surface area contributed by atoms with Gasteiger partial charge in [-0.05, 0) is 0 Å². The van der Waals surface area contributed by atoms with Crippen LogP contribution in [0.25, 0.3) is 0 Å². The van der Waals surface area contributed by atoms with Crippen molar-refractivity contribution in [1.82, 2.24) is 9.97 Å². The van der Waals surface area contributed by atoms with Gasteiger partial charge in [-0.15, -0.1) is 0 Å². The molecule has 1 aromatic heterocycles. The van der Waals surface area contributed by atoms with Gasteiger partial charge in [-0.25, -0.2) is 13.8 Å². The number of nitrogens with zero attached hydrogens (tertiary/aromatic N) is 2. The highest BCUT2D eigenvalue weighted by molar-refractivity contribution is 5.21. The van der Waals surface area contributed by atoms with Crippen LogP contribution in [0.4, 0.5) is 17.6 Å². The van der Waals surface area contributed by atoms with Crippen LogP contribution < -0.4 is 5.56 Å². The fourth-order valence-electron chi connectivity index (χ4n) is 0.932. The molecule has 0 unspecified atom stereocenters. The van der Waals surface area contributed by atoms with Gasteiger partial charge >= 0.3 is 12.3 Å². The van der Waals surface area contributed by atoms with Crippen molar-refractivity contribution < 1.29 is 22.3 Å². The lowest BCUT2D eigenvalue weighted by Gasteiger charge is -2.14. The van der Waals surface area contributed by atoms with Crippen molar-refractivity contribution in [3.63, 3.8) is 0 Å². The number of rotatable bonds is 5. The van der Waals surface area contributed by atoms with Gasteiger partial charge in [0.15, 0.2) is 0 Å². The Bertz CT molecular complexity index is 509. The van der Waals surface area contributed by atoms with E-state index in [1.165, 1.54) is 0 Å². The van der Waals surface area contributed by atoms with Crippen LogP contribution in [0.15, 0.2) is 11.0 Å². The van der Waals surface area contributed by atoms with Crippen LogP contribution in [0, 0.1) is 11.3 Å². The molecule has 0 spiro atoms. The standard InChI is InChI=1S/C9H7F4N3O2/c10-8(11)9(12,13)4-18-3-6-15-2-5(1-14)7(17)16-6/h2,8H,3-4H2,(H,15,16,17). The number of nitrogens with one attached hydrogen (secondary N) is 1. The maximum Gasteiger partial charge on any atom is 0.330 e. The minimum absolute atomic E-state index is 0.135. The molecule has 0 aromatic carbocycles. The fraction of sp³-hybridized carbons (Fsp3) is 0.444. The Hall–Kier alpha value is -1.95. The predicted molar refractivity (Wildman–Crippen MR) is 50.2 cm³/mol. The van der Waals surface area contributed by atoms with Gasteiger partial charge in [0.25, 0.3) is 5.56 Å². The zero-order valence-corrected chi connectivity index (χ0v) is 8.79. The van der Waals surface area contributed by atoms with Gasteiger partial charge in [0.2, 0.25) is 0 Å². The molecule has 0 fully saturated rings. The lowest BCUT2D eigenvalue weighted by Crippen LogP contribution is -2.32. The summed E-state index contributed by atoms with van der Waals surface area (Å²) in [6, 6.07) is 1.55. The largest absolute Gasteiger partial charge is 0.367 e. The molecular formula is C9H7F4N3O2. The summed E-state index contributed by atoms with van der Waals surface area (Å²) in [5.41, 5.74) is -1.01. The number of hydrogen-bond acceptors (Lipinski definition) is 4. The van der Waals surface area contributed by atoms with Gasteiger partial charge in [-0.2, -0.15) is 14.0 Å². The van der Waals surface area contributed by atoms with E-state index in [9.17, 15) is 22.4 Å². The summed E-state index contributed by atoms with van der Waals surface area (Å²) in [7, 11) is 0. The monoisotopic (exact) mass is 265 g/mol. The highest BCUT2D eigenvalue weighted by atomic mass is 19.3. The van der Waals surface area contributed by atoms with Crippen molar-refractivity contribution >= 4 is 0 Å². The summed E-state index contributed by atoms with van der Waals surface area (Å²) < 4.78 is 52.7. The van der Waals surface area contributed by atoms with Crippen molar-refractivity contribution in [3.05, 3.63) is 27.9 Å². The van der Waals surface area contributed by atoms with Crippen LogP contribution in [0.1, 0.15) is 11.4 Å². The zero-order valence-electron chi connectivity index (χ0n) is 8.79. The van der Waals surface area contributed by atoms with E-state index < -0.39 is 31.1 Å². The molecule has 0 aliphatic rings. The van der Waals surface area contributed by atoms with Crippen molar-refractivity contribution in [1.29, 1.82) is 5.26 Å². The number of ether oxygens (including phenoxy) is 1. The summed E-state index contributed by atoms with van der Waals surface area (Å²) in [4.78, 5) is 16.7. The third-order valence-corrected chi connectivity index (χ3v) is 1.82. The maximum atomic E-state index is 12.4. The molecule has 1 N–H and O–H groups in total. The van der Waals surface area contributed by atoms with E-state index >= 15 is 0 Å². The molecule has 18 heavy (non-hydrogen) atoms. The molecule has 1 rings (SSSR count). The van der Waals surface area contributed by atoms with Crippen LogP contribution in [0.2, 0.25) is 0 Å². The van der Waals surface area contributed by atoms with Crippen molar-refractivity contribution in [2.24, 2.45) is 0 Å². The topological polar surface area (TPSA) is 78.8 Å². The second-order valence-electron chi connectivity index (χ2n) is 3.24. The Morgan fingerprint density at radius 2 is 2.22 bits per heavy atom. The van der Waals surface area contributed by atoms with Crippen molar-refractivity contribution in [3.8, 4) is 6.07 Å². The lowest BCUT2D eigenvalue weighted by molar-refractivity contribution is -0.168. The van der Waals surface area contributed by atoms with Crippen LogP contribution >= 0.6 is 0 Å². The van der Waals surface area contributed by atoms with Crippen LogP contribution in [0.5, 0.6) is 0 Å². The second kappa shape index (κ2) is 5.59. The summed E-state index contributed by atoms with van der Waals surface area (Å²) in [5, 5.41) is 8.43. The molecule has 5 nitrogen and oxygen atoms in total. The second-order valence-corrected chi connectivity index (χ2v) is 3.24. The smallest absolute Gasteiger partial charge is 0.330 e. The summed E-state index contributed by atoms with van der Waals surface area (Å²) >= 11 is 0. The van der Waals surface area contributed by atoms with Gasteiger partial charge in [0, 0.05) is 0 Å². The molecule has 1 heterocycles. The van der Waals surface area contributed by atoms with E-state index in [1.54, 1.807) is 6.07 Å². The first kappa shape index (κ1) is 14.1. The van der Waals surface area contributed by atoms with E-state index in [1.807, 2.05) is 0 Å². The molecule has 0 bridgehead atoms.